The Labute approximate surface area is 132 Å². The lowest BCUT2D eigenvalue weighted by atomic mass is 9.97. The van der Waals surface area contributed by atoms with Gasteiger partial charge in [0.25, 0.3) is 0 Å². The van der Waals surface area contributed by atoms with Gasteiger partial charge in [-0.15, -0.1) is 0 Å². The van der Waals surface area contributed by atoms with Crippen LogP contribution in [0.15, 0.2) is 40.9 Å². The highest BCUT2D eigenvalue weighted by Crippen LogP contribution is 2.36. The molecule has 2 aromatic carbocycles. The van der Waals surface area contributed by atoms with Crippen molar-refractivity contribution in [2.24, 2.45) is 5.73 Å². The van der Waals surface area contributed by atoms with Gasteiger partial charge in [0, 0.05) is 27.5 Å². The monoisotopic (exact) mass is 351 g/mol. The molecule has 0 fully saturated rings. The number of rotatable bonds is 3. The summed E-state index contributed by atoms with van der Waals surface area (Å²) in [4.78, 5) is 0. The fourth-order valence-electron chi connectivity index (χ4n) is 2.60. The van der Waals surface area contributed by atoms with E-state index in [0.29, 0.717) is 6.61 Å². The Morgan fingerprint density at radius 3 is 2.95 bits per heavy atom. The predicted octanol–water partition coefficient (Wildman–Crippen LogP) is 4.28. The van der Waals surface area contributed by atoms with Gasteiger partial charge < -0.3 is 10.5 Å². The van der Waals surface area contributed by atoms with Crippen molar-refractivity contribution in [3.63, 3.8) is 0 Å². The summed E-state index contributed by atoms with van der Waals surface area (Å²) in [5.74, 6) is 0.928. The summed E-state index contributed by atoms with van der Waals surface area (Å²) in [6.07, 6.45) is 1.67. The van der Waals surface area contributed by atoms with Crippen molar-refractivity contribution in [1.29, 1.82) is 0 Å². The second kappa shape index (κ2) is 5.76. The van der Waals surface area contributed by atoms with Crippen LogP contribution < -0.4 is 10.5 Å². The first-order chi connectivity index (χ1) is 9.63. The maximum Gasteiger partial charge on any atom is 0.127 e. The third-order valence-electron chi connectivity index (χ3n) is 3.52. The Bertz CT molecular complexity index is 644. The summed E-state index contributed by atoms with van der Waals surface area (Å²) in [6.45, 7) is 0.715. The molecule has 0 aliphatic carbocycles. The lowest BCUT2D eigenvalue weighted by molar-refractivity contribution is 0.351. The van der Waals surface area contributed by atoms with E-state index in [-0.39, 0.29) is 6.04 Å². The fourth-order valence-corrected chi connectivity index (χ4v) is 3.30. The molecule has 104 valence electrons. The zero-order chi connectivity index (χ0) is 14.1. The molecule has 2 N–H and O–H groups in total. The number of nitrogens with two attached hydrogens (primary N) is 1. The molecule has 0 spiro atoms. The molecule has 0 bridgehead atoms. The zero-order valence-corrected chi connectivity index (χ0v) is 13.2. The number of ether oxygens (including phenoxy) is 1. The van der Waals surface area contributed by atoms with Crippen molar-refractivity contribution in [1.82, 2.24) is 0 Å². The van der Waals surface area contributed by atoms with Crippen molar-refractivity contribution in [2.75, 3.05) is 6.61 Å². The highest BCUT2D eigenvalue weighted by Gasteiger charge is 2.21. The van der Waals surface area contributed by atoms with Gasteiger partial charge in [0.15, 0.2) is 0 Å². The molecular formula is C16H15BrClNO. The predicted molar refractivity (Wildman–Crippen MR) is 85.4 cm³/mol. The van der Waals surface area contributed by atoms with Crippen LogP contribution in [-0.4, -0.2) is 6.61 Å². The fraction of sp³-hybridized carbons (Fsp3) is 0.250. The summed E-state index contributed by atoms with van der Waals surface area (Å²) < 4.78 is 6.78. The zero-order valence-electron chi connectivity index (χ0n) is 10.9. The number of halogens is 2. The smallest absolute Gasteiger partial charge is 0.127 e. The standard InChI is InChI=1S/C16H15BrClNO/c17-12-3-1-2-10(6-12)7-15(19)14-9-13(18)8-11-4-5-20-16(11)14/h1-3,6,8-9,15H,4-5,7,19H2. The Hall–Kier alpha value is -1.03. The first-order valence-electron chi connectivity index (χ1n) is 6.58. The van der Waals surface area contributed by atoms with E-state index >= 15 is 0 Å². The van der Waals surface area contributed by atoms with E-state index in [1.54, 1.807) is 0 Å². The van der Waals surface area contributed by atoms with E-state index in [1.807, 2.05) is 24.3 Å². The first-order valence-corrected chi connectivity index (χ1v) is 7.76. The molecule has 0 radical (unpaired) electrons. The maximum atomic E-state index is 6.37. The second-order valence-electron chi connectivity index (χ2n) is 5.02. The minimum atomic E-state index is -0.116. The molecule has 1 aliphatic rings. The number of benzene rings is 2. The largest absolute Gasteiger partial charge is 0.493 e. The lowest BCUT2D eigenvalue weighted by Gasteiger charge is -2.16. The summed E-state index contributed by atoms with van der Waals surface area (Å²) in [5, 5.41) is 0.731. The van der Waals surface area contributed by atoms with Crippen LogP contribution in [0.3, 0.4) is 0 Å². The average molecular weight is 353 g/mol. The van der Waals surface area contributed by atoms with Gasteiger partial charge in [-0.1, -0.05) is 39.7 Å². The van der Waals surface area contributed by atoms with Gasteiger partial charge in [-0.2, -0.15) is 0 Å². The summed E-state index contributed by atoms with van der Waals surface area (Å²) >= 11 is 9.67. The molecule has 0 saturated carbocycles. The van der Waals surface area contributed by atoms with Crippen LogP contribution in [0.2, 0.25) is 5.02 Å². The first kappa shape index (κ1) is 13.9. The minimum absolute atomic E-state index is 0.116. The molecule has 0 amide bonds. The highest BCUT2D eigenvalue weighted by molar-refractivity contribution is 9.10. The van der Waals surface area contributed by atoms with Crippen LogP contribution in [-0.2, 0) is 12.8 Å². The van der Waals surface area contributed by atoms with Crippen LogP contribution in [0.25, 0.3) is 0 Å². The molecule has 1 unspecified atom stereocenters. The molecule has 3 rings (SSSR count). The summed E-state index contributed by atoms with van der Waals surface area (Å²) in [5.41, 5.74) is 9.73. The van der Waals surface area contributed by atoms with Gasteiger partial charge in [-0.25, -0.2) is 0 Å². The quantitative estimate of drug-likeness (QED) is 0.895. The van der Waals surface area contributed by atoms with E-state index in [2.05, 4.69) is 28.1 Å². The van der Waals surface area contributed by atoms with Gasteiger partial charge in [-0.05, 0) is 41.8 Å². The molecule has 1 heterocycles. The topological polar surface area (TPSA) is 35.2 Å². The van der Waals surface area contributed by atoms with Crippen molar-refractivity contribution in [3.05, 3.63) is 62.6 Å². The second-order valence-corrected chi connectivity index (χ2v) is 6.37. The number of hydrogen-bond donors (Lipinski definition) is 1. The minimum Gasteiger partial charge on any atom is -0.493 e. The molecule has 0 aromatic heterocycles. The SMILES string of the molecule is NC(Cc1cccc(Br)c1)c1cc(Cl)cc2c1OCC2. The van der Waals surface area contributed by atoms with Gasteiger partial charge in [0.05, 0.1) is 6.61 Å². The Balaban J connectivity index is 1.89. The third-order valence-corrected chi connectivity index (χ3v) is 4.23. The summed E-state index contributed by atoms with van der Waals surface area (Å²) in [7, 11) is 0. The van der Waals surface area contributed by atoms with E-state index in [4.69, 9.17) is 22.1 Å². The number of hydrogen-bond acceptors (Lipinski definition) is 2. The van der Waals surface area contributed by atoms with Crippen LogP contribution in [0.4, 0.5) is 0 Å². The molecule has 1 atom stereocenters. The molecule has 1 aliphatic heterocycles. The highest BCUT2D eigenvalue weighted by atomic mass is 79.9. The van der Waals surface area contributed by atoms with E-state index in [0.717, 1.165) is 39.2 Å². The van der Waals surface area contributed by atoms with Gasteiger partial charge in [-0.3, -0.25) is 0 Å². The molecule has 4 heteroatoms. The van der Waals surface area contributed by atoms with Crippen molar-refractivity contribution in [2.45, 2.75) is 18.9 Å². The van der Waals surface area contributed by atoms with Crippen molar-refractivity contribution >= 4 is 27.5 Å². The van der Waals surface area contributed by atoms with E-state index < -0.39 is 0 Å². The van der Waals surface area contributed by atoms with E-state index in [1.165, 1.54) is 5.56 Å². The van der Waals surface area contributed by atoms with Crippen LogP contribution in [0.1, 0.15) is 22.7 Å². The van der Waals surface area contributed by atoms with Crippen molar-refractivity contribution in [3.8, 4) is 5.75 Å². The molecule has 0 saturated heterocycles. The van der Waals surface area contributed by atoms with Crippen LogP contribution >= 0.6 is 27.5 Å². The maximum absolute atomic E-state index is 6.37. The third kappa shape index (κ3) is 2.85. The normalized spacial score (nSPS) is 14.8. The molecular weight excluding hydrogens is 338 g/mol. The lowest BCUT2D eigenvalue weighted by Crippen LogP contribution is -2.14. The average Bonchev–Trinajstić information content (AvgIpc) is 2.85. The Morgan fingerprint density at radius 2 is 2.15 bits per heavy atom. The van der Waals surface area contributed by atoms with Crippen LogP contribution in [0.5, 0.6) is 5.75 Å². The van der Waals surface area contributed by atoms with Gasteiger partial charge in [0.2, 0.25) is 0 Å². The summed E-state index contributed by atoms with van der Waals surface area (Å²) in [6, 6.07) is 12.0. The molecule has 20 heavy (non-hydrogen) atoms. The number of fused-ring (bicyclic) bond motifs is 1. The van der Waals surface area contributed by atoms with Gasteiger partial charge in [0.1, 0.15) is 5.75 Å². The van der Waals surface area contributed by atoms with E-state index in [9.17, 15) is 0 Å². The Kier molecular flexibility index (Phi) is 4.01. The van der Waals surface area contributed by atoms with Gasteiger partial charge >= 0.3 is 0 Å². The van der Waals surface area contributed by atoms with Crippen LogP contribution in [0, 0.1) is 0 Å². The molecule has 2 aromatic rings. The molecule has 2 nitrogen and oxygen atoms in total. The van der Waals surface area contributed by atoms with Crippen molar-refractivity contribution < 1.29 is 4.74 Å². The Morgan fingerprint density at radius 1 is 1.30 bits per heavy atom.